The number of thiazole rings is 1. The van der Waals surface area contributed by atoms with Gasteiger partial charge in [-0.2, -0.15) is 0 Å². The van der Waals surface area contributed by atoms with Gasteiger partial charge in [-0.1, -0.05) is 6.07 Å². The first-order valence-electron chi connectivity index (χ1n) is 3.86. The zero-order valence-corrected chi connectivity index (χ0v) is 8.91. The normalized spacial score (nSPS) is 10.0. The van der Waals surface area contributed by atoms with E-state index in [9.17, 15) is 0 Å². The van der Waals surface area contributed by atoms with Gasteiger partial charge >= 0.3 is 0 Å². The molecule has 0 unspecified atom stereocenters. The molecule has 0 fully saturated rings. The molecule has 70 valence electrons. The van der Waals surface area contributed by atoms with Crippen molar-refractivity contribution in [3.05, 3.63) is 28.8 Å². The fourth-order valence-electron chi connectivity index (χ4n) is 1.21. The second-order valence-corrected chi connectivity index (χ2v) is 3.97. The Bertz CT molecular complexity index is 411. The van der Waals surface area contributed by atoms with E-state index in [1.54, 1.807) is 11.3 Å². The lowest BCUT2D eigenvalue weighted by Gasteiger charge is -1.93. The quantitative estimate of drug-likeness (QED) is 0.792. The summed E-state index contributed by atoms with van der Waals surface area (Å²) in [6.45, 7) is 2.62. The largest absolute Gasteiger partial charge is 0.326 e. The number of aryl methyl sites for hydroxylation is 1. The topological polar surface area (TPSA) is 38.9 Å². The van der Waals surface area contributed by atoms with E-state index in [1.165, 1.54) is 10.3 Å². The van der Waals surface area contributed by atoms with E-state index < -0.39 is 0 Å². The van der Waals surface area contributed by atoms with Crippen LogP contribution >= 0.6 is 23.7 Å². The maximum Gasteiger partial charge on any atom is 0.0907 e. The number of hydrogen-bond acceptors (Lipinski definition) is 3. The summed E-state index contributed by atoms with van der Waals surface area (Å²) in [7, 11) is 0. The maximum atomic E-state index is 5.53. The monoisotopic (exact) mass is 214 g/mol. The van der Waals surface area contributed by atoms with Gasteiger partial charge in [0.05, 0.1) is 15.2 Å². The molecule has 0 aliphatic heterocycles. The minimum Gasteiger partial charge on any atom is -0.326 e. The van der Waals surface area contributed by atoms with Gasteiger partial charge in [-0.05, 0) is 24.6 Å². The molecule has 0 saturated heterocycles. The van der Waals surface area contributed by atoms with E-state index in [4.69, 9.17) is 5.73 Å². The minimum absolute atomic E-state index is 0. The molecule has 4 heteroatoms. The Morgan fingerprint density at radius 3 is 2.92 bits per heavy atom. The zero-order valence-electron chi connectivity index (χ0n) is 7.28. The van der Waals surface area contributed by atoms with Crippen molar-refractivity contribution in [3.63, 3.8) is 0 Å². The third kappa shape index (κ3) is 1.99. The van der Waals surface area contributed by atoms with Gasteiger partial charge in [0.15, 0.2) is 0 Å². The zero-order chi connectivity index (χ0) is 8.55. The molecule has 0 aliphatic carbocycles. The molecule has 0 aliphatic rings. The van der Waals surface area contributed by atoms with Crippen molar-refractivity contribution in [2.75, 3.05) is 0 Å². The van der Waals surface area contributed by atoms with Crippen LogP contribution < -0.4 is 5.73 Å². The third-order valence-electron chi connectivity index (χ3n) is 1.80. The van der Waals surface area contributed by atoms with Gasteiger partial charge in [0, 0.05) is 6.54 Å². The average Bonchev–Trinajstić information content (AvgIpc) is 2.43. The SMILES string of the molecule is Cc1nc2ccc(CN)cc2s1.Cl. The van der Waals surface area contributed by atoms with Gasteiger partial charge in [0.25, 0.3) is 0 Å². The Hall–Kier alpha value is -0.640. The molecule has 0 radical (unpaired) electrons. The maximum absolute atomic E-state index is 5.53. The minimum atomic E-state index is 0. The Labute approximate surface area is 87.2 Å². The van der Waals surface area contributed by atoms with Crippen molar-refractivity contribution in [1.29, 1.82) is 0 Å². The molecule has 0 saturated carbocycles. The van der Waals surface area contributed by atoms with Crippen molar-refractivity contribution < 1.29 is 0 Å². The van der Waals surface area contributed by atoms with Crippen molar-refractivity contribution in [2.24, 2.45) is 5.73 Å². The highest BCUT2D eigenvalue weighted by molar-refractivity contribution is 7.18. The highest BCUT2D eigenvalue weighted by Gasteiger charge is 1.99. The van der Waals surface area contributed by atoms with Crippen LogP contribution in [0.25, 0.3) is 10.2 Å². The first kappa shape index (κ1) is 10.4. The molecule has 0 spiro atoms. The molecule has 1 aromatic heterocycles. The van der Waals surface area contributed by atoms with E-state index in [0.29, 0.717) is 6.54 Å². The Kier molecular flexibility index (Phi) is 3.25. The molecule has 1 aromatic carbocycles. The van der Waals surface area contributed by atoms with Gasteiger partial charge < -0.3 is 5.73 Å². The summed E-state index contributed by atoms with van der Waals surface area (Å²) in [6.07, 6.45) is 0. The molecule has 2 rings (SSSR count). The van der Waals surface area contributed by atoms with Crippen molar-refractivity contribution >= 4 is 34.0 Å². The van der Waals surface area contributed by atoms with Crippen molar-refractivity contribution in [2.45, 2.75) is 13.5 Å². The summed E-state index contributed by atoms with van der Waals surface area (Å²) in [6, 6.07) is 6.17. The first-order valence-corrected chi connectivity index (χ1v) is 4.67. The molecule has 0 bridgehead atoms. The lowest BCUT2D eigenvalue weighted by atomic mass is 10.2. The van der Waals surface area contributed by atoms with Crippen LogP contribution in [0.4, 0.5) is 0 Å². The van der Waals surface area contributed by atoms with E-state index in [0.717, 1.165) is 10.5 Å². The Morgan fingerprint density at radius 2 is 2.23 bits per heavy atom. The lowest BCUT2D eigenvalue weighted by Crippen LogP contribution is -1.94. The van der Waals surface area contributed by atoms with E-state index in [-0.39, 0.29) is 12.4 Å². The molecular formula is C9H11ClN2S. The summed E-state index contributed by atoms with van der Waals surface area (Å²) in [5.74, 6) is 0. The molecule has 0 amide bonds. The predicted molar refractivity (Wildman–Crippen MR) is 59.5 cm³/mol. The Morgan fingerprint density at radius 1 is 1.46 bits per heavy atom. The number of rotatable bonds is 1. The van der Waals surface area contributed by atoms with Crippen LogP contribution in [0.15, 0.2) is 18.2 Å². The summed E-state index contributed by atoms with van der Waals surface area (Å²) in [4.78, 5) is 4.37. The summed E-state index contributed by atoms with van der Waals surface area (Å²) >= 11 is 1.72. The second kappa shape index (κ2) is 4.05. The molecule has 0 atom stereocenters. The van der Waals surface area contributed by atoms with Crippen molar-refractivity contribution in [3.8, 4) is 0 Å². The highest BCUT2D eigenvalue weighted by Crippen LogP contribution is 2.22. The molecule has 2 nitrogen and oxygen atoms in total. The summed E-state index contributed by atoms with van der Waals surface area (Å²) < 4.78 is 1.23. The number of benzene rings is 1. The van der Waals surface area contributed by atoms with Crippen LogP contribution in [0, 0.1) is 6.92 Å². The molecule has 13 heavy (non-hydrogen) atoms. The van der Waals surface area contributed by atoms with Crippen LogP contribution in [0.2, 0.25) is 0 Å². The number of aromatic nitrogens is 1. The standard InChI is InChI=1S/C9H10N2S.ClH/c1-6-11-8-3-2-7(5-10)4-9(8)12-6;/h2-4H,5,10H2,1H3;1H. The van der Waals surface area contributed by atoms with Gasteiger partial charge in [0.1, 0.15) is 0 Å². The van der Waals surface area contributed by atoms with E-state index in [1.807, 2.05) is 19.1 Å². The van der Waals surface area contributed by atoms with Crippen LogP contribution in [0.5, 0.6) is 0 Å². The van der Waals surface area contributed by atoms with E-state index in [2.05, 4.69) is 11.1 Å². The van der Waals surface area contributed by atoms with E-state index >= 15 is 0 Å². The number of fused-ring (bicyclic) bond motifs is 1. The summed E-state index contributed by atoms with van der Waals surface area (Å²) in [5, 5.41) is 1.11. The van der Waals surface area contributed by atoms with Crippen molar-refractivity contribution in [1.82, 2.24) is 4.98 Å². The third-order valence-corrected chi connectivity index (χ3v) is 2.73. The van der Waals surface area contributed by atoms with Gasteiger partial charge in [-0.15, -0.1) is 23.7 Å². The Balaban J connectivity index is 0.000000845. The van der Waals surface area contributed by atoms with Crippen LogP contribution in [0.3, 0.4) is 0 Å². The summed E-state index contributed by atoms with van der Waals surface area (Å²) in [5.41, 5.74) is 7.78. The molecule has 2 aromatic rings. The van der Waals surface area contributed by atoms with Crippen LogP contribution in [-0.2, 0) is 6.54 Å². The van der Waals surface area contributed by atoms with Crippen LogP contribution in [0.1, 0.15) is 10.6 Å². The highest BCUT2D eigenvalue weighted by atomic mass is 35.5. The fraction of sp³-hybridized carbons (Fsp3) is 0.222. The van der Waals surface area contributed by atoms with Crippen LogP contribution in [-0.4, -0.2) is 4.98 Å². The molecular weight excluding hydrogens is 204 g/mol. The van der Waals surface area contributed by atoms with Gasteiger partial charge in [0.2, 0.25) is 0 Å². The first-order chi connectivity index (χ1) is 5.79. The van der Waals surface area contributed by atoms with Gasteiger partial charge in [-0.25, -0.2) is 4.98 Å². The van der Waals surface area contributed by atoms with Gasteiger partial charge in [-0.3, -0.25) is 0 Å². The average molecular weight is 215 g/mol. The fourth-order valence-corrected chi connectivity index (χ4v) is 2.10. The number of nitrogens with zero attached hydrogens (tertiary/aromatic N) is 1. The number of halogens is 1. The predicted octanol–water partition coefficient (Wildman–Crippen LogP) is 2.49. The molecule has 1 heterocycles. The molecule has 2 N–H and O–H groups in total. The number of nitrogens with two attached hydrogens (primary N) is 1. The smallest absolute Gasteiger partial charge is 0.0907 e. The lowest BCUT2D eigenvalue weighted by molar-refractivity contribution is 1.08. The second-order valence-electron chi connectivity index (χ2n) is 2.74. The number of hydrogen-bond donors (Lipinski definition) is 1.